The van der Waals surface area contributed by atoms with Crippen molar-refractivity contribution in [3.63, 3.8) is 0 Å². The van der Waals surface area contributed by atoms with Gasteiger partial charge in [-0.05, 0) is 52.6 Å². The number of thiophene rings is 1. The normalized spacial score (nSPS) is 10.8. The van der Waals surface area contributed by atoms with E-state index in [0.717, 1.165) is 11.1 Å². The lowest BCUT2D eigenvalue weighted by atomic mass is 10.2. The summed E-state index contributed by atoms with van der Waals surface area (Å²) in [5, 5.41) is 6.99. The van der Waals surface area contributed by atoms with Crippen molar-refractivity contribution in [2.45, 2.75) is 13.5 Å². The van der Waals surface area contributed by atoms with Crippen LogP contribution in [-0.4, -0.2) is 5.91 Å². The number of benzene rings is 1. The minimum atomic E-state index is -0.104. The van der Waals surface area contributed by atoms with Crippen LogP contribution >= 0.6 is 11.3 Å². The molecule has 0 atom stereocenters. The van der Waals surface area contributed by atoms with Gasteiger partial charge in [0.1, 0.15) is 0 Å². The summed E-state index contributed by atoms with van der Waals surface area (Å²) in [5.41, 5.74) is 9.66. The second kappa shape index (κ2) is 6.20. The van der Waals surface area contributed by atoms with Gasteiger partial charge in [-0.3, -0.25) is 4.79 Å². The van der Waals surface area contributed by atoms with Gasteiger partial charge in [-0.25, -0.2) is 0 Å². The molecule has 1 amide bonds. The number of hydrogen-bond donors (Lipinski definition) is 2. The molecule has 1 aromatic heterocycles. The van der Waals surface area contributed by atoms with E-state index < -0.39 is 0 Å². The molecule has 4 heteroatoms. The zero-order valence-electron chi connectivity index (χ0n) is 10.7. The molecular weight excluding hydrogens is 256 g/mol. The van der Waals surface area contributed by atoms with Gasteiger partial charge in [0.15, 0.2) is 0 Å². The van der Waals surface area contributed by atoms with Gasteiger partial charge in [-0.15, -0.1) is 0 Å². The molecule has 3 nitrogen and oxygen atoms in total. The van der Waals surface area contributed by atoms with Gasteiger partial charge < -0.3 is 11.1 Å². The Morgan fingerprint density at radius 2 is 2.26 bits per heavy atom. The van der Waals surface area contributed by atoms with Crippen molar-refractivity contribution in [3.05, 3.63) is 57.8 Å². The smallest absolute Gasteiger partial charge is 0.244 e. The number of aryl methyl sites for hydroxylation is 1. The summed E-state index contributed by atoms with van der Waals surface area (Å²) < 4.78 is 0. The highest BCUT2D eigenvalue weighted by Crippen LogP contribution is 2.13. The maximum atomic E-state index is 11.7. The highest BCUT2D eigenvalue weighted by molar-refractivity contribution is 7.08. The number of carbonyl (C=O) groups is 1. The number of nitrogen functional groups attached to an aromatic ring is 1. The molecule has 1 heterocycles. The summed E-state index contributed by atoms with van der Waals surface area (Å²) in [5.74, 6) is -0.104. The highest BCUT2D eigenvalue weighted by atomic mass is 32.1. The molecule has 2 rings (SSSR count). The zero-order valence-corrected chi connectivity index (χ0v) is 11.5. The molecule has 0 aliphatic carbocycles. The minimum absolute atomic E-state index is 0.104. The Bertz CT molecular complexity index is 602. The van der Waals surface area contributed by atoms with Gasteiger partial charge in [0.05, 0.1) is 0 Å². The summed E-state index contributed by atoms with van der Waals surface area (Å²) >= 11 is 1.65. The van der Waals surface area contributed by atoms with Crippen molar-refractivity contribution in [2.75, 3.05) is 5.73 Å². The SMILES string of the molecule is Cc1cscc1CNC(=O)/C=C/c1cccc(N)c1. The lowest BCUT2D eigenvalue weighted by Gasteiger charge is -2.01. The van der Waals surface area contributed by atoms with Crippen molar-refractivity contribution in [1.29, 1.82) is 0 Å². The van der Waals surface area contributed by atoms with Crippen LogP contribution in [-0.2, 0) is 11.3 Å². The van der Waals surface area contributed by atoms with E-state index in [9.17, 15) is 4.79 Å². The first-order chi connectivity index (χ1) is 9.15. The molecular formula is C15H16N2OS. The van der Waals surface area contributed by atoms with Crippen LogP contribution in [0.1, 0.15) is 16.7 Å². The summed E-state index contributed by atoms with van der Waals surface area (Å²) in [6.07, 6.45) is 3.28. The number of rotatable bonds is 4. The van der Waals surface area contributed by atoms with Crippen LogP contribution in [0.15, 0.2) is 41.1 Å². The lowest BCUT2D eigenvalue weighted by molar-refractivity contribution is -0.116. The Morgan fingerprint density at radius 1 is 1.42 bits per heavy atom. The standard InChI is InChI=1S/C15H16N2OS/c1-11-9-19-10-13(11)8-17-15(18)6-5-12-3-2-4-14(16)7-12/h2-7,9-10H,8,16H2,1H3,(H,17,18)/b6-5+. The fourth-order valence-electron chi connectivity index (χ4n) is 1.64. The third kappa shape index (κ3) is 3.96. The third-order valence-corrected chi connectivity index (χ3v) is 3.66. The predicted molar refractivity (Wildman–Crippen MR) is 80.8 cm³/mol. The van der Waals surface area contributed by atoms with Crippen LogP contribution in [0.3, 0.4) is 0 Å². The van der Waals surface area contributed by atoms with Crippen LogP contribution in [0.5, 0.6) is 0 Å². The molecule has 19 heavy (non-hydrogen) atoms. The Hall–Kier alpha value is -2.07. The fourth-order valence-corrected chi connectivity index (χ4v) is 2.50. The van der Waals surface area contributed by atoms with Crippen LogP contribution in [0.25, 0.3) is 6.08 Å². The molecule has 0 saturated heterocycles. The summed E-state index contributed by atoms with van der Waals surface area (Å²) in [6, 6.07) is 7.41. The second-order valence-corrected chi connectivity index (χ2v) is 5.04. The molecule has 0 bridgehead atoms. The molecule has 3 N–H and O–H groups in total. The first-order valence-corrected chi connectivity index (χ1v) is 6.92. The van der Waals surface area contributed by atoms with Crippen LogP contribution in [0.2, 0.25) is 0 Å². The summed E-state index contributed by atoms with van der Waals surface area (Å²) in [7, 11) is 0. The van der Waals surface area contributed by atoms with Crippen LogP contribution < -0.4 is 11.1 Å². The second-order valence-electron chi connectivity index (χ2n) is 4.30. The van der Waals surface area contributed by atoms with E-state index in [1.165, 1.54) is 11.6 Å². The van der Waals surface area contributed by atoms with Gasteiger partial charge >= 0.3 is 0 Å². The van der Waals surface area contributed by atoms with E-state index in [1.807, 2.05) is 31.2 Å². The average Bonchev–Trinajstić information content (AvgIpc) is 2.80. The van der Waals surface area contributed by atoms with Crippen LogP contribution in [0, 0.1) is 6.92 Å². The number of nitrogens with two attached hydrogens (primary N) is 1. The monoisotopic (exact) mass is 272 g/mol. The quantitative estimate of drug-likeness (QED) is 0.664. The number of anilines is 1. The molecule has 0 saturated carbocycles. The highest BCUT2D eigenvalue weighted by Gasteiger charge is 2.00. The Kier molecular flexibility index (Phi) is 4.36. The van der Waals surface area contributed by atoms with E-state index in [1.54, 1.807) is 17.4 Å². The third-order valence-electron chi connectivity index (χ3n) is 2.75. The van der Waals surface area contributed by atoms with Crippen molar-refractivity contribution in [2.24, 2.45) is 0 Å². The van der Waals surface area contributed by atoms with E-state index >= 15 is 0 Å². The molecule has 0 radical (unpaired) electrons. The average molecular weight is 272 g/mol. The minimum Gasteiger partial charge on any atom is -0.399 e. The first kappa shape index (κ1) is 13.4. The molecule has 0 aliphatic heterocycles. The maximum absolute atomic E-state index is 11.7. The van der Waals surface area contributed by atoms with Gasteiger partial charge in [0, 0.05) is 18.3 Å². The Labute approximate surface area is 116 Å². The molecule has 1 aromatic carbocycles. The van der Waals surface area contributed by atoms with Crippen molar-refractivity contribution in [1.82, 2.24) is 5.32 Å². The van der Waals surface area contributed by atoms with Gasteiger partial charge in [0.2, 0.25) is 5.91 Å². The molecule has 98 valence electrons. The fraction of sp³-hybridized carbons (Fsp3) is 0.133. The van der Waals surface area contributed by atoms with Crippen molar-refractivity contribution >= 4 is 29.0 Å². The lowest BCUT2D eigenvalue weighted by Crippen LogP contribution is -2.20. The van der Waals surface area contributed by atoms with E-state index in [0.29, 0.717) is 12.2 Å². The van der Waals surface area contributed by atoms with Gasteiger partial charge in [-0.1, -0.05) is 12.1 Å². The van der Waals surface area contributed by atoms with E-state index in [-0.39, 0.29) is 5.91 Å². The number of amides is 1. The topological polar surface area (TPSA) is 55.1 Å². The molecule has 0 fully saturated rings. The van der Waals surface area contributed by atoms with Gasteiger partial charge in [-0.2, -0.15) is 11.3 Å². The predicted octanol–water partition coefficient (Wildman–Crippen LogP) is 2.97. The molecule has 0 spiro atoms. The summed E-state index contributed by atoms with van der Waals surface area (Å²) in [4.78, 5) is 11.7. The first-order valence-electron chi connectivity index (χ1n) is 5.98. The number of carbonyl (C=O) groups excluding carboxylic acids is 1. The van der Waals surface area contributed by atoms with Crippen LogP contribution in [0.4, 0.5) is 5.69 Å². The zero-order chi connectivity index (χ0) is 13.7. The van der Waals surface area contributed by atoms with Crippen molar-refractivity contribution < 1.29 is 4.79 Å². The summed E-state index contributed by atoms with van der Waals surface area (Å²) in [6.45, 7) is 2.61. The molecule has 0 aliphatic rings. The largest absolute Gasteiger partial charge is 0.399 e. The van der Waals surface area contributed by atoms with Gasteiger partial charge in [0.25, 0.3) is 0 Å². The van der Waals surface area contributed by atoms with E-state index in [2.05, 4.69) is 16.1 Å². The molecule has 2 aromatic rings. The maximum Gasteiger partial charge on any atom is 0.244 e. The number of nitrogens with one attached hydrogen (secondary N) is 1. The van der Waals surface area contributed by atoms with E-state index in [4.69, 9.17) is 5.73 Å². The Balaban J connectivity index is 1.89. The molecule has 0 unspecified atom stereocenters. The number of hydrogen-bond acceptors (Lipinski definition) is 3. The van der Waals surface area contributed by atoms with Crippen molar-refractivity contribution in [3.8, 4) is 0 Å². The Morgan fingerprint density at radius 3 is 2.95 bits per heavy atom.